The number of nitrogens with one attached hydrogen (secondary N) is 2. The fourth-order valence-electron chi connectivity index (χ4n) is 2.68. The van der Waals surface area contributed by atoms with E-state index in [1.807, 2.05) is 61.7 Å². The fraction of sp³-hybridized carbons (Fsp3) is 0.0500. The third-order valence-electron chi connectivity index (χ3n) is 4.08. The number of hydrogen-bond acceptors (Lipinski definition) is 5. The molecule has 0 aliphatic rings. The predicted octanol–water partition coefficient (Wildman–Crippen LogP) is 5.10. The lowest BCUT2D eigenvalue weighted by molar-refractivity contribution is 0.587. The minimum atomic E-state index is 0.147. The molecule has 2 N–H and O–H groups in total. The van der Waals surface area contributed by atoms with Crippen molar-refractivity contribution in [2.24, 2.45) is 5.10 Å². The average Bonchev–Trinajstić information content (AvgIpc) is 3.26. The molecule has 0 amide bonds. The van der Waals surface area contributed by atoms with E-state index < -0.39 is 0 Å². The summed E-state index contributed by atoms with van der Waals surface area (Å²) in [6.07, 6.45) is 3.47. The number of rotatable bonds is 4. The van der Waals surface area contributed by atoms with Gasteiger partial charge in [-0.3, -0.25) is 0 Å². The molecule has 4 aromatic rings. The van der Waals surface area contributed by atoms with Crippen LogP contribution in [0.2, 0.25) is 5.02 Å². The Labute approximate surface area is 160 Å². The first kappa shape index (κ1) is 16.9. The number of benzene rings is 2. The van der Waals surface area contributed by atoms with E-state index in [-0.39, 0.29) is 11.6 Å². The number of hydrogen-bond donors (Lipinski definition) is 2. The fourth-order valence-corrected chi connectivity index (χ4v) is 2.85. The molecular weight excluding hydrogens is 362 g/mol. The Morgan fingerprint density at radius 2 is 2.07 bits per heavy atom. The Morgan fingerprint density at radius 3 is 2.85 bits per heavy atom. The van der Waals surface area contributed by atoms with Crippen molar-refractivity contribution in [3.05, 3.63) is 70.5 Å². The van der Waals surface area contributed by atoms with Crippen LogP contribution in [-0.4, -0.2) is 16.2 Å². The van der Waals surface area contributed by atoms with E-state index >= 15 is 0 Å². The van der Waals surface area contributed by atoms with Gasteiger partial charge in [-0.2, -0.15) is 15.3 Å². The number of H-pyrrole nitrogens is 1. The maximum absolute atomic E-state index is 9.29. The van der Waals surface area contributed by atoms with E-state index in [1.54, 1.807) is 6.21 Å². The summed E-state index contributed by atoms with van der Waals surface area (Å²) < 4.78 is 5.67. The van der Waals surface area contributed by atoms with Gasteiger partial charge in [0.2, 0.25) is 11.6 Å². The normalized spacial score (nSPS) is 11.1. The molecule has 0 bridgehead atoms. The first-order chi connectivity index (χ1) is 13.1. The highest BCUT2D eigenvalue weighted by molar-refractivity contribution is 6.31. The molecule has 4 rings (SSSR count). The summed E-state index contributed by atoms with van der Waals surface area (Å²) >= 11 is 5.99. The van der Waals surface area contributed by atoms with Gasteiger partial charge in [0.1, 0.15) is 6.07 Å². The monoisotopic (exact) mass is 375 g/mol. The van der Waals surface area contributed by atoms with Crippen molar-refractivity contribution < 1.29 is 4.42 Å². The van der Waals surface area contributed by atoms with Gasteiger partial charge in [-0.25, -0.2) is 5.43 Å². The third kappa shape index (κ3) is 3.41. The van der Waals surface area contributed by atoms with Gasteiger partial charge in [0.15, 0.2) is 0 Å². The SMILES string of the molecule is Cc1ccc(-c2nc(C#N)c(NN=Cc3c[nH]c4cc(Cl)ccc34)o2)cc1. The van der Waals surface area contributed by atoms with Gasteiger partial charge in [0.25, 0.3) is 5.88 Å². The Hall–Kier alpha value is -3.56. The van der Waals surface area contributed by atoms with E-state index in [2.05, 4.69) is 20.5 Å². The minimum Gasteiger partial charge on any atom is -0.417 e. The number of oxazole rings is 1. The zero-order chi connectivity index (χ0) is 18.8. The molecule has 27 heavy (non-hydrogen) atoms. The van der Waals surface area contributed by atoms with Crippen LogP contribution in [0, 0.1) is 18.3 Å². The summed E-state index contributed by atoms with van der Waals surface area (Å²) in [5.74, 6) is 0.568. The number of aromatic nitrogens is 2. The van der Waals surface area contributed by atoms with Crippen LogP contribution >= 0.6 is 11.6 Å². The number of hydrazone groups is 1. The Bertz CT molecular complexity index is 1180. The van der Waals surface area contributed by atoms with Gasteiger partial charge < -0.3 is 9.40 Å². The van der Waals surface area contributed by atoms with Gasteiger partial charge in [0.05, 0.1) is 6.21 Å². The number of aryl methyl sites for hydroxylation is 1. The predicted molar refractivity (Wildman–Crippen MR) is 106 cm³/mol. The molecule has 0 saturated carbocycles. The molecule has 0 atom stereocenters. The Balaban J connectivity index is 1.58. The van der Waals surface area contributed by atoms with Gasteiger partial charge in [-0.15, -0.1) is 0 Å². The summed E-state index contributed by atoms with van der Waals surface area (Å²) in [5.41, 5.74) is 6.63. The van der Waals surface area contributed by atoms with Crippen molar-refractivity contribution in [1.82, 2.24) is 9.97 Å². The number of anilines is 1. The van der Waals surface area contributed by atoms with Crippen molar-refractivity contribution in [3.63, 3.8) is 0 Å². The zero-order valence-corrected chi connectivity index (χ0v) is 15.1. The molecule has 2 aromatic carbocycles. The molecule has 2 heterocycles. The van der Waals surface area contributed by atoms with E-state index in [0.29, 0.717) is 10.9 Å². The van der Waals surface area contributed by atoms with Crippen LogP contribution in [0.1, 0.15) is 16.8 Å². The standard InChI is InChI=1S/C20H14ClN5O/c1-12-2-4-13(5-3-12)19-25-18(9-22)20(27-19)26-24-11-14-10-23-17-8-15(21)6-7-16(14)17/h2-8,10-11,23,26H,1H3. The largest absolute Gasteiger partial charge is 0.417 e. The van der Waals surface area contributed by atoms with Gasteiger partial charge in [0, 0.05) is 33.2 Å². The first-order valence-corrected chi connectivity index (χ1v) is 8.55. The quantitative estimate of drug-likeness (QED) is 0.383. The highest BCUT2D eigenvalue weighted by Crippen LogP contribution is 2.26. The molecule has 0 unspecified atom stereocenters. The van der Waals surface area contributed by atoms with Crippen LogP contribution in [0.15, 0.2) is 58.2 Å². The number of nitriles is 1. The summed E-state index contributed by atoms with van der Waals surface area (Å²) in [4.78, 5) is 7.36. The molecule has 6 nitrogen and oxygen atoms in total. The van der Waals surface area contributed by atoms with E-state index in [9.17, 15) is 5.26 Å². The molecule has 0 spiro atoms. The topological polar surface area (TPSA) is 90.0 Å². The molecule has 0 saturated heterocycles. The third-order valence-corrected chi connectivity index (χ3v) is 4.31. The molecular formula is C20H14ClN5O. The van der Waals surface area contributed by atoms with Crippen LogP contribution < -0.4 is 5.43 Å². The first-order valence-electron chi connectivity index (χ1n) is 8.18. The molecule has 7 heteroatoms. The number of halogens is 1. The van der Waals surface area contributed by atoms with E-state index in [4.69, 9.17) is 16.0 Å². The van der Waals surface area contributed by atoms with Gasteiger partial charge >= 0.3 is 0 Å². The summed E-state index contributed by atoms with van der Waals surface area (Å²) in [6, 6.07) is 15.3. The summed E-state index contributed by atoms with van der Waals surface area (Å²) in [6.45, 7) is 2.00. The Morgan fingerprint density at radius 1 is 1.26 bits per heavy atom. The lowest BCUT2D eigenvalue weighted by Gasteiger charge is -1.97. The second-order valence-electron chi connectivity index (χ2n) is 5.98. The smallest absolute Gasteiger partial charge is 0.252 e. The molecule has 0 radical (unpaired) electrons. The van der Waals surface area contributed by atoms with Crippen molar-refractivity contribution >= 4 is 34.6 Å². The van der Waals surface area contributed by atoms with Gasteiger partial charge in [-0.1, -0.05) is 35.4 Å². The Kier molecular flexibility index (Phi) is 4.37. The lowest BCUT2D eigenvalue weighted by atomic mass is 10.1. The van der Waals surface area contributed by atoms with Crippen LogP contribution in [0.5, 0.6) is 0 Å². The van der Waals surface area contributed by atoms with Crippen molar-refractivity contribution in [1.29, 1.82) is 5.26 Å². The molecule has 0 aliphatic heterocycles. The zero-order valence-electron chi connectivity index (χ0n) is 14.3. The van der Waals surface area contributed by atoms with Gasteiger partial charge in [-0.05, 0) is 31.2 Å². The van der Waals surface area contributed by atoms with Crippen LogP contribution in [0.4, 0.5) is 5.88 Å². The number of nitrogens with zero attached hydrogens (tertiary/aromatic N) is 3. The number of aromatic amines is 1. The van der Waals surface area contributed by atoms with Crippen LogP contribution in [-0.2, 0) is 0 Å². The number of fused-ring (bicyclic) bond motifs is 1. The molecule has 0 fully saturated rings. The summed E-state index contributed by atoms with van der Waals surface area (Å²) in [7, 11) is 0. The van der Waals surface area contributed by atoms with Crippen molar-refractivity contribution in [3.8, 4) is 17.5 Å². The highest BCUT2D eigenvalue weighted by atomic mass is 35.5. The molecule has 132 valence electrons. The van der Waals surface area contributed by atoms with E-state index in [0.717, 1.165) is 27.6 Å². The summed E-state index contributed by atoms with van der Waals surface area (Å²) in [5, 5.41) is 15.1. The van der Waals surface area contributed by atoms with Crippen molar-refractivity contribution in [2.45, 2.75) is 6.92 Å². The second kappa shape index (κ2) is 6.98. The van der Waals surface area contributed by atoms with Crippen LogP contribution in [0.25, 0.3) is 22.4 Å². The van der Waals surface area contributed by atoms with E-state index in [1.165, 1.54) is 0 Å². The maximum atomic E-state index is 9.29. The van der Waals surface area contributed by atoms with Crippen LogP contribution in [0.3, 0.4) is 0 Å². The maximum Gasteiger partial charge on any atom is 0.252 e. The second-order valence-corrected chi connectivity index (χ2v) is 6.41. The molecule has 2 aromatic heterocycles. The highest BCUT2D eigenvalue weighted by Gasteiger charge is 2.14. The lowest BCUT2D eigenvalue weighted by Crippen LogP contribution is -1.91. The molecule has 0 aliphatic carbocycles. The average molecular weight is 376 g/mol. The van der Waals surface area contributed by atoms with Crippen molar-refractivity contribution in [2.75, 3.05) is 5.43 Å². The minimum absolute atomic E-state index is 0.147.